The summed E-state index contributed by atoms with van der Waals surface area (Å²) in [5, 5.41) is 15.9. The lowest BCUT2D eigenvalue weighted by molar-refractivity contribution is -0.384. The zero-order valence-corrected chi connectivity index (χ0v) is 16.2. The summed E-state index contributed by atoms with van der Waals surface area (Å²) in [6.07, 6.45) is 0. The molecule has 0 atom stereocenters. The van der Waals surface area contributed by atoms with Gasteiger partial charge in [-0.1, -0.05) is 15.9 Å². The molecular formula is C17H16BrN3O4S. The second-order valence-corrected chi connectivity index (χ2v) is 7.29. The number of nitrogens with one attached hydrogen (secondary N) is 2. The van der Waals surface area contributed by atoms with Crippen LogP contribution in [-0.4, -0.2) is 29.0 Å². The number of thioether (sulfide) groups is 1. The van der Waals surface area contributed by atoms with Crippen molar-refractivity contribution in [3.63, 3.8) is 0 Å². The number of nitrogens with zero attached hydrogens (tertiary/aromatic N) is 1. The largest absolute Gasteiger partial charge is 0.346 e. The number of rotatable bonds is 7. The van der Waals surface area contributed by atoms with Crippen molar-refractivity contribution in [1.82, 2.24) is 5.32 Å². The van der Waals surface area contributed by atoms with Gasteiger partial charge in [0, 0.05) is 27.2 Å². The molecule has 0 saturated carbocycles. The second kappa shape index (κ2) is 9.35. The molecule has 0 radical (unpaired) electrons. The highest BCUT2D eigenvalue weighted by Crippen LogP contribution is 2.21. The van der Waals surface area contributed by atoms with Crippen molar-refractivity contribution < 1.29 is 14.5 Å². The van der Waals surface area contributed by atoms with E-state index in [1.807, 2.05) is 19.1 Å². The van der Waals surface area contributed by atoms with Crippen LogP contribution in [0.2, 0.25) is 0 Å². The monoisotopic (exact) mass is 437 g/mol. The highest BCUT2D eigenvalue weighted by Gasteiger charge is 2.09. The van der Waals surface area contributed by atoms with Gasteiger partial charge in [-0.3, -0.25) is 19.7 Å². The number of non-ortho nitro benzene ring substituents is 1. The molecule has 136 valence electrons. The Morgan fingerprint density at radius 3 is 2.46 bits per heavy atom. The average molecular weight is 438 g/mol. The number of amides is 2. The van der Waals surface area contributed by atoms with Crippen LogP contribution in [0.1, 0.15) is 5.56 Å². The van der Waals surface area contributed by atoms with E-state index in [-0.39, 0.29) is 29.8 Å². The van der Waals surface area contributed by atoms with Gasteiger partial charge in [0.1, 0.15) is 0 Å². The Kier molecular flexibility index (Phi) is 7.16. The van der Waals surface area contributed by atoms with Gasteiger partial charge >= 0.3 is 0 Å². The van der Waals surface area contributed by atoms with Crippen LogP contribution in [0.15, 0.2) is 51.8 Å². The van der Waals surface area contributed by atoms with Crippen molar-refractivity contribution in [3.8, 4) is 0 Å². The number of carbonyl (C=O) groups excluding carboxylic acids is 2. The summed E-state index contributed by atoms with van der Waals surface area (Å²) in [5.41, 5.74) is 1.60. The van der Waals surface area contributed by atoms with E-state index in [1.165, 1.54) is 23.9 Å². The van der Waals surface area contributed by atoms with Gasteiger partial charge in [-0.2, -0.15) is 0 Å². The highest BCUT2D eigenvalue weighted by atomic mass is 79.9. The lowest BCUT2D eigenvalue weighted by Gasteiger charge is -2.09. The summed E-state index contributed by atoms with van der Waals surface area (Å²) >= 11 is 4.59. The fraction of sp³-hybridized carbons (Fsp3) is 0.176. The molecule has 0 aromatic heterocycles. The molecular weight excluding hydrogens is 422 g/mol. The minimum atomic E-state index is -0.479. The zero-order chi connectivity index (χ0) is 19.1. The van der Waals surface area contributed by atoms with Crippen LogP contribution in [-0.2, 0) is 9.59 Å². The first-order valence-corrected chi connectivity index (χ1v) is 9.33. The van der Waals surface area contributed by atoms with Crippen molar-refractivity contribution in [3.05, 3.63) is 62.6 Å². The maximum atomic E-state index is 11.9. The molecule has 0 aliphatic heterocycles. The first-order valence-electron chi connectivity index (χ1n) is 7.55. The van der Waals surface area contributed by atoms with Crippen LogP contribution >= 0.6 is 27.7 Å². The quantitative estimate of drug-likeness (QED) is 0.392. The number of halogens is 1. The Hall–Kier alpha value is -2.39. The van der Waals surface area contributed by atoms with Crippen LogP contribution in [0.5, 0.6) is 0 Å². The molecule has 2 rings (SSSR count). The van der Waals surface area contributed by atoms with Gasteiger partial charge in [0.05, 0.1) is 17.2 Å². The number of benzene rings is 2. The van der Waals surface area contributed by atoms with Gasteiger partial charge in [0.15, 0.2) is 0 Å². The summed E-state index contributed by atoms with van der Waals surface area (Å²) < 4.78 is 0.921. The molecule has 0 saturated heterocycles. The van der Waals surface area contributed by atoms with Crippen LogP contribution in [0.3, 0.4) is 0 Å². The van der Waals surface area contributed by atoms with E-state index in [4.69, 9.17) is 0 Å². The molecule has 0 aliphatic rings. The van der Waals surface area contributed by atoms with Gasteiger partial charge in [-0.25, -0.2) is 0 Å². The predicted molar refractivity (Wildman–Crippen MR) is 104 cm³/mol. The first kappa shape index (κ1) is 19.9. The smallest absolute Gasteiger partial charge is 0.269 e. The summed E-state index contributed by atoms with van der Waals surface area (Å²) in [4.78, 5) is 34.6. The van der Waals surface area contributed by atoms with E-state index in [9.17, 15) is 19.7 Å². The standard InChI is InChI=1S/C17H16BrN3O4S/c1-11-8-12(18)2-7-15(11)20-16(22)9-19-17(23)10-26-14-5-3-13(4-6-14)21(24)25/h2-8H,9-10H2,1H3,(H,19,23)(H,20,22). The number of nitro groups is 1. The molecule has 0 heterocycles. The third-order valence-corrected chi connectivity index (χ3v) is 4.83. The Bertz CT molecular complexity index is 827. The van der Waals surface area contributed by atoms with Gasteiger partial charge < -0.3 is 10.6 Å². The minimum absolute atomic E-state index is 0.00120. The SMILES string of the molecule is Cc1cc(Br)ccc1NC(=O)CNC(=O)CSc1ccc([N+](=O)[O-])cc1. The Labute approximate surface area is 162 Å². The van der Waals surface area contributed by atoms with Crippen molar-refractivity contribution in [2.24, 2.45) is 0 Å². The van der Waals surface area contributed by atoms with E-state index in [0.717, 1.165) is 14.9 Å². The maximum absolute atomic E-state index is 11.9. The Balaban J connectivity index is 1.75. The minimum Gasteiger partial charge on any atom is -0.346 e. The van der Waals surface area contributed by atoms with Crippen molar-refractivity contribution in [2.75, 3.05) is 17.6 Å². The van der Waals surface area contributed by atoms with Crippen molar-refractivity contribution in [2.45, 2.75) is 11.8 Å². The summed E-state index contributed by atoms with van der Waals surface area (Å²) in [6.45, 7) is 1.74. The van der Waals surface area contributed by atoms with Gasteiger partial charge in [0.25, 0.3) is 5.69 Å². The molecule has 2 amide bonds. The van der Waals surface area contributed by atoms with E-state index in [0.29, 0.717) is 5.69 Å². The number of hydrogen-bond acceptors (Lipinski definition) is 5. The normalized spacial score (nSPS) is 10.2. The molecule has 0 unspecified atom stereocenters. The fourth-order valence-corrected chi connectivity index (χ4v) is 3.21. The Morgan fingerprint density at radius 2 is 1.85 bits per heavy atom. The molecule has 7 nitrogen and oxygen atoms in total. The number of hydrogen-bond donors (Lipinski definition) is 2. The number of anilines is 1. The molecule has 2 aromatic rings. The molecule has 0 fully saturated rings. The first-order chi connectivity index (χ1) is 12.3. The van der Waals surface area contributed by atoms with E-state index >= 15 is 0 Å². The van der Waals surface area contributed by atoms with Gasteiger partial charge in [0.2, 0.25) is 11.8 Å². The number of nitro benzene ring substituents is 1. The Morgan fingerprint density at radius 1 is 1.15 bits per heavy atom. The molecule has 9 heteroatoms. The van der Waals surface area contributed by atoms with Crippen LogP contribution < -0.4 is 10.6 Å². The van der Waals surface area contributed by atoms with Gasteiger partial charge in [-0.05, 0) is 42.8 Å². The van der Waals surface area contributed by atoms with E-state index in [1.54, 1.807) is 18.2 Å². The van der Waals surface area contributed by atoms with Crippen LogP contribution in [0, 0.1) is 17.0 Å². The van der Waals surface area contributed by atoms with Gasteiger partial charge in [-0.15, -0.1) is 11.8 Å². The number of aryl methyl sites for hydroxylation is 1. The third-order valence-electron chi connectivity index (χ3n) is 3.33. The molecule has 0 spiro atoms. The predicted octanol–water partition coefficient (Wildman–Crippen LogP) is 3.51. The summed E-state index contributed by atoms with van der Waals surface area (Å²) in [5.74, 6) is -0.497. The molecule has 2 N–H and O–H groups in total. The zero-order valence-electron chi connectivity index (χ0n) is 13.8. The summed E-state index contributed by atoms with van der Waals surface area (Å²) in [6, 6.07) is 11.4. The lowest BCUT2D eigenvalue weighted by Crippen LogP contribution is -2.34. The highest BCUT2D eigenvalue weighted by molar-refractivity contribution is 9.10. The van der Waals surface area contributed by atoms with Crippen molar-refractivity contribution in [1.29, 1.82) is 0 Å². The van der Waals surface area contributed by atoms with Crippen LogP contribution in [0.4, 0.5) is 11.4 Å². The third kappa shape index (κ3) is 6.16. The van der Waals surface area contributed by atoms with Crippen LogP contribution in [0.25, 0.3) is 0 Å². The molecule has 2 aromatic carbocycles. The lowest BCUT2D eigenvalue weighted by atomic mass is 10.2. The number of carbonyl (C=O) groups is 2. The molecule has 0 bridgehead atoms. The molecule has 26 heavy (non-hydrogen) atoms. The fourth-order valence-electron chi connectivity index (χ4n) is 2.00. The van der Waals surface area contributed by atoms with Crippen molar-refractivity contribution >= 4 is 50.9 Å². The average Bonchev–Trinajstić information content (AvgIpc) is 2.61. The van der Waals surface area contributed by atoms with E-state index in [2.05, 4.69) is 26.6 Å². The summed E-state index contributed by atoms with van der Waals surface area (Å²) in [7, 11) is 0. The second-order valence-electron chi connectivity index (χ2n) is 5.32. The maximum Gasteiger partial charge on any atom is 0.269 e. The molecule has 0 aliphatic carbocycles. The topological polar surface area (TPSA) is 101 Å². The van der Waals surface area contributed by atoms with E-state index < -0.39 is 4.92 Å².